The van der Waals surface area contributed by atoms with E-state index in [0.717, 1.165) is 12.3 Å². The van der Waals surface area contributed by atoms with Crippen molar-refractivity contribution in [2.75, 3.05) is 0 Å². The molecule has 6 nitrogen and oxygen atoms in total. The molecule has 0 aliphatic rings. The van der Waals surface area contributed by atoms with Gasteiger partial charge in [0.05, 0.1) is 16.8 Å². The first-order valence-electron chi connectivity index (χ1n) is 6.97. The highest BCUT2D eigenvalue weighted by Gasteiger charge is 2.34. The third-order valence-corrected chi connectivity index (χ3v) is 3.40. The topological polar surface area (TPSA) is 89.1 Å². The summed E-state index contributed by atoms with van der Waals surface area (Å²) >= 11 is 0. The van der Waals surface area contributed by atoms with Crippen molar-refractivity contribution in [3.05, 3.63) is 53.5 Å². The molecule has 128 valence electrons. The van der Waals surface area contributed by atoms with E-state index < -0.39 is 17.7 Å². The molecule has 0 aliphatic heterocycles. The smallest absolute Gasteiger partial charge is 0.417 e. The molecular weight excluding hydrogens is 339 g/mol. The van der Waals surface area contributed by atoms with Gasteiger partial charge < -0.3 is 9.63 Å². The second kappa shape index (κ2) is 6.00. The molecule has 9 heteroatoms. The average molecular weight is 349 g/mol. The number of aryl methyl sites for hydroxylation is 1. The number of halogens is 3. The minimum absolute atomic E-state index is 0.00756. The number of benzene rings is 1. The number of carboxylic acids is 1. The summed E-state index contributed by atoms with van der Waals surface area (Å²) in [6, 6.07) is 5.99. The van der Waals surface area contributed by atoms with Gasteiger partial charge in [0.25, 0.3) is 0 Å². The van der Waals surface area contributed by atoms with Crippen LogP contribution in [0.15, 0.2) is 41.1 Å². The van der Waals surface area contributed by atoms with Gasteiger partial charge in [-0.1, -0.05) is 17.3 Å². The van der Waals surface area contributed by atoms with Crippen LogP contribution in [0.5, 0.6) is 0 Å². The Balaban J connectivity index is 2.11. The Labute approximate surface area is 138 Å². The number of rotatable bonds is 3. The quantitative estimate of drug-likeness (QED) is 0.773. The molecule has 0 bridgehead atoms. The molecule has 2 heterocycles. The van der Waals surface area contributed by atoms with Crippen molar-refractivity contribution in [3.63, 3.8) is 0 Å². The molecule has 25 heavy (non-hydrogen) atoms. The summed E-state index contributed by atoms with van der Waals surface area (Å²) in [7, 11) is 0. The first-order chi connectivity index (χ1) is 11.8. The fourth-order valence-corrected chi connectivity index (χ4v) is 2.24. The van der Waals surface area contributed by atoms with Crippen LogP contribution in [0.1, 0.15) is 21.8 Å². The number of aromatic carboxylic acids is 1. The first-order valence-corrected chi connectivity index (χ1v) is 6.97. The van der Waals surface area contributed by atoms with Gasteiger partial charge in [0.15, 0.2) is 0 Å². The molecule has 0 amide bonds. The van der Waals surface area contributed by atoms with Crippen molar-refractivity contribution in [1.82, 2.24) is 15.1 Å². The Hall–Kier alpha value is -3.23. The SMILES string of the molecule is Cc1nc(-c2ccc(-c3ccc(C(=O)O)cn3)c(C(F)(F)F)c2)no1. The zero-order chi connectivity index (χ0) is 18.2. The summed E-state index contributed by atoms with van der Waals surface area (Å²) in [4.78, 5) is 18.6. The highest BCUT2D eigenvalue weighted by atomic mass is 19.4. The van der Waals surface area contributed by atoms with Crippen molar-refractivity contribution in [1.29, 1.82) is 0 Å². The Kier molecular flexibility index (Phi) is 3.99. The number of alkyl halides is 3. The van der Waals surface area contributed by atoms with E-state index in [2.05, 4.69) is 15.1 Å². The molecule has 1 aromatic carbocycles. The number of carboxylic acid groups (broad SMARTS) is 1. The van der Waals surface area contributed by atoms with Crippen LogP contribution in [-0.4, -0.2) is 26.2 Å². The van der Waals surface area contributed by atoms with E-state index in [4.69, 9.17) is 9.63 Å². The maximum absolute atomic E-state index is 13.5. The van der Waals surface area contributed by atoms with Gasteiger partial charge in [-0.3, -0.25) is 4.98 Å². The molecule has 0 radical (unpaired) electrons. The van der Waals surface area contributed by atoms with Crippen LogP contribution in [-0.2, 0) is 6.18 Å². The van der Waals surface area contributed by atoms with Crippen molar-refractivity contribution < 1.29 is 27.6 Å². The van der Waals surface area contributed by atoms with Gasteiger partial charge in [-0.25, -0.2) is 4.79 Å². The Bertz CT molecular complexity index is 934. The summed E-state index contributed by atoms with van der Waals surface area (Å²) in [5.41, 5.74) is -1.06. The van der Waals surface area contributed by atoms with Crippen LogP contribution >= 0.6 is 0 Å². The van der Waals surface area contributed by atoms with Crippen LogP contribution in [0.25, 0.3) is 22.6 Å². The van der Waals surface area contributed by atoms with Gasteiger partial charge in [0.2, 0.25) is 11.7 Å². The summed E-state index contributed by atoms with van der Waals surface area (Å²) in [5.74, 6) is -0.930. The zero-order valence-corrected chi connectivity index (χ0v) is 12.7. The van der Waals surface area contributed by atoms with Crippen LogP contribution in [0, 0.1) is 6.92 Å². The average Bonchev–Trinajstić information content (AvgIpc) is 3.00. The summed E-state index contributed by atoms with van der Waals surface area (Å²) in [6.07, 6.45) is -3.63. The maximum Gasteiger partial charge on any atom is 0.417 e. The largest absolute Gasteiger partial charge is 0.478 e. The predicted molar refractivity (Wildman–Crippen MR) is 79.7 cm³/mol. The molecule has 0 saturated heterocycles. The third-order valence-electron chi connectivity index (χ3n) is 3.40. The number of pyridine rings is 1. The second-order valence-electron chi connectivity index (χ2n) is 5.13. The molecular formula is C16H10F3N3O3. The van der Waals surface area contributed by atoms with E-state index in [0.29, 0.717) is 0 Å². The van der Waals surface area contributed by atoms with Crippen molar-refractivity contribution in [2.24, 2.45) is 0 Å². The Morgan fingerprint density at radius 3 is 2.48 bits per heavy atom. The van der Waals surface area contributed by atoms with E-state index in [9.17, 15) is 18.0 Å². The zero-order valence-electron chi connectivity index (χ0n) is 12.7. The fraction of sp³-hybridized carbons (Fsp3) is 0.125. The van der Waals surface area contributed by atoms with E-state index in [1.807, 2.05) is 0 Å². The van der Waals surface area contributed by atoms with Crippen LogP contribution in [0.3, 0.4) is 0 Å². The first kappa shape index (κ1) is 16.6. The lowest BCUT2D eigenvalue weighted by molar-refractivity contribution is -0.137. The van der Waals surface area contributed by atoms with Crippen molar-refractivity contribution in [2.45, 2.75) is 13.1 Å². The van der Waals surface area contributed by atoms with Crippen LogP contribution in [0.4, 0.5) is 13.2 Å². The summed E-state index contributed by atoms with van der Waals surface area (Å²) in [6.45, 7) is 1.53. The Morgan fingerprint density at radius 1 is 1.20 bits per heavy atom. The second-order valence-corrected chi connectivity index (χ2v) is 5.13. The molecule has 0 atom stereocenters. The fourth-order valence-electron chi connectivity index (χ4n) is 2.24. The predicted octanol–water partition coefficient (Wildman–Crippen LogP) is 3.82. The van der Waals surface area contributed by atoms with Gasteiger partial charge >= 0.3 is 12.1 Å². The highest BCUT2D eigenvalue weighted by Crippen LogP contribution is 2.38. The number of hydrogen-bond donors (Lipinski definition) is 1. The number of hydrogen-bond acceptors (Lipinski definition) is 5. The highest BCUT2D eigenvalue weighted by molar-refractivity contribution is 5.87. The monoisotopic (exact) mass is 349 g/mol. The summed E-state index contributed by atoms with van der Waals surface area (Å²) in [5, 5.41) is 12.5. The van der Waals surface area contributed by atoms with Crippen molar-refractivity contribution >= 4 is 5.97 Å². The van der Waals surface area contributed by atoms with E-state index in [1.165, 1.54) is 31.2 Å². The number of carbonyl (C=O) groups is 1. The lowest BCUT2D eigenvalue weighted by Gasteiger charge is -2.13. The lowest BCUT2D eigenvalue weighted by Crippen LogP contribution is -2.08. The van der Waals surface area contributed by atoms with Gasteiger partial charge in [-0.2, -0.15) is 18.2 Å². The molecule has 3 rings (SSSR count). The molecule has 0 fully saturated rings. The number of nitrogens with zero attached hydrogens (tertiary/aromatic N) is 3. The van der Waals surface area contributed by atoms with Gasteiger partial charge in [0, 0.05) is 24.2 Å². The summed E-state index contributed by atoms with van der Waals surface area (Å²) < 4.78 is 45.2. The molecule has 2 aromatic heterocycles. The standard InChI is InChI=1S/C16H10F3N3O3/c1-8-21-14(22-25-8)9-2-4-11(12(6-9)16(17,18)19)13-5-3-10(7-20-13)15(23)24/h2-7H,1H3,(H,23,24). The Morgan fingerprint density at radius 2 is 1.96 bits per heavy atom. The minimum Gasteiger partial charge on any atom is -0.478 e. The van der Waals surface area contributed by atoms with E-state index >= 15 is 0 Å². The van der Waals surface area contributed by atoms with E-state index in [1.54, 1.807) is 0 Å². The van der Waals surface area contributed by atoms with E-state index in [-0.39, 0.29) is 34.1 Å². The molecule has 0 unspecified atom stereocenters. The van der Waals surface area contributed by atoms with Crippen LogP contribution in [0.2, 0.25) is 0 Å². The molecule has 3 aromatic rings. The molecule has 0 spiro atoms. The van der Waals surface area contributed by atoms with Gasteiger partial charge in [-0.15, -0.1) is 0 Å². The molecule has 1 N–H and O–H groups in total. The normalized spacial score (nSPS) is 11.5. The van der Waals surface area contributed by atoms with Crippen LogP contribution < -0.4 is 0 Å². The minimum atomic E-state index is -4.64. The maximum atomic E-state index is 13.5. The third kappa shape index (κ3) is 3.35. The van der Waals surface area contributed by atoms with Crippen molar-refractivity contribution in [3.8, 4) is 22.6 Å². The van der Waals surface area contributed by atoms with Gasteiger partial charge in [0.1, 0.15) is 0 Å². The number of aromatic nitrogens is 3. The molecule has 0 saturated carbocycles. The lowest BCUT2D eigenvalue weighted by atomic mass is 9.99. The van der Waals surface area contributed by atoms with Gasteiger partial charge in [-0.05, 0) is 18.2 Å². The molecule has 0 aliphatic carbocycles.